The second-order valence-electron chi connectivity index (χ2n) is 6.19. The van der Waals surface area contributed by atoms with Crippen molar-refractivity contribution in [3.63, 3.8) is 0 Å². The number of hydrogen-bond donors (Lipinski definition) is 2. The van der Waals surface area contributed by atoms with E-state index in [0.29, 0.717) is 21.3 Å². The van der Waals surface area contributed by atoms with Crippen LogP contribution in [0.5, 0.6) is 0 Å². The molecule has 2 N–H and O–H groups in total. The van der Waals surface area contributed by atoms with Crippen molar-refractivity contribution in [1.29, 1.82) is 0 Å². The quantitative estimate of drug-likeness (QED) is 0.709. The van der Waals surface area contributed by atoms with Gasteiger partial charge >= 0.3 is 0 Å². The lowest BCUT2D eigenvalue weighted by atomic mass is 10.1. The summed E-state index contributed by atoms with van der Waals surface area (Å²) in [7, 11) is 0. The number of amides is 1. The Morgan fingerprint density at radius 3 is 2.87 bits per heavy atom. The first kappa shape index (κ1) is 16.0. The van der Waals surface area contributed by atoms with Crippen LogP contribution in [0.15, 0.2) is 23.4 Å². The Hall–Kier alpha value is -1.86. The minimum Gasteiger partial charge on any atom is -0.351 e. The van der Waals surface area contributed by atoms with Gasteiger partial charge in [0.15, 0.2) is 5.65 Å². The molecule has 0 unspecified atom stereocenters. The van der Waals surface area contributed by atoms with E-state index in [1.54, 1.807) is 6.07 Å². The molecule has 0 aliphatic rings. The van der Waals surface area contributed by atoms with Gasteiger partial charge in [-0.05, 0) is 39.0 Å². The Bertz CT molecular complexity index is 887. The standard InChI is InChI=1S/C15H16ClN5OS/c1-15(2,3)19-11(22)7-23-14-18-13-12(20-21-14)9-6-8(16)4-5-10(9)17-13/h4-6H,7H2,1-3H3,(H,19,22)(H,17,18,21). The zero-order valence-electron chi connectivity index (χ0n) is 13.0. The van der Waals surface area contributed by atoms with E-state index in [0.717, 1.165) is 10.9 Å². The number of benzene rings is 1. The average molecular weight is 350 g/mol. The Balaban J connectivity index is 1.81. The van der Waals surface area contributed by atoms with Gasteiger partial charge in [-0.3, -0.25) is 4.79 Å². The maximum absolute atomic E-state index is 11.8. The summed E-state index contributed by atoms with van der Waals surface area (Å²) in [6, 6.07) is 5.51. The molecule has 0 bridgehead atoms. The van der Waals surface area contributed by atoms with Crippen molar-refractivity contribution in [1.82, 2.24) is 25.5 Å². The van der Waals surface area contributed by atoms with E-state index in [9.17, 15) is 4.79 Å². The van der Waals surface area contributed by atoms with Gasteiger partial charge in [0.05, 0.1) is 5.75 Å². The van der Waals surface area contributed by atoms with Gasteiger partial charge < -0.3 is 10.3 Å². The van der Waals surface area contributed by atoms with Crippen molar-refractivity contribution < 1.29 is 4.79 Å². The third kappa shape index (κ3) is 3.73. The maximum atomic E-state index is 11.8. The minimum absolute atomic E-state index is 0.0605. The van der Waals surface area contributed by atoms with Crippen molar-refractivity contribution in [3.05, 3.63) is 23.2 Å². The highest BCUT2D eigenvalue weighted by molar-refractivity contribution is 7.99. The SMILES string of the molecule is CC(C)(C)NC(=O)CSc1nnc2c(n1)[nH]c1ccc(Cl)cc12. The van der Waals surface area contributed by atoms with Crippen molar-refractivity contribution in [2.75, 3.05) is 5.75 Å². The number of fused-ring (bicyclic) bond motifs is 3. The second kappa shape index (κ2) is 5.98. The normalized spacial score (nSPS) is 12.0. The topological polar surface area (TPSA) is 83.6 Å². The molecule has 0 saturated heterocycles. The molecule has 0 fully saturated rings. The van der Waals surface area contributed by atoms with Crippen molar-refractivity contribution in [2.24, 2.45) is 0 Å². The zero-order valence-corrected chi connectivity index (χ0v) is 14.5. The van der Waals surface area contributed by atoms with Crippen LogP contribution in [0, 0.1) is 0 Å². The fourth-order valence-electron chi connectivity index (χ4n) is 2.17. The summed E-state index contributed by atoms with van der Waals surface area (Å²) in [4.78, 5) is 19.5. The van der Waals surface area contributed by atoms with Crippen LogP contribution in [0.4, 0.5) is 0 Å². The van der Waals surface area contributed by atoms with Crippen LogP contribution in [0.3, 0.4) is 0 Å². The smallest absolute Gasteiger partial charge is 0.230 e. The van der Waals surface area contributed by atoms with E-state index in [4.69, 9.17) is 11.6 Å². The molecule has 6 nitrogen and oxygen atoms in total. The first-order chi connectivity index (χ1) is 10.8. The minimum atomic E-state index is -0.253. The number of H-pyrrole nitrogens is 1. The summed E-state index contributed by atoms with van der Waals surface area (Å²) >= 11 is 7.27. The predicted molar refractivity (Wildman–Crippen MR) is 92.8 cm³/mol. The van der Waals surface area contributed by atoms with Gasteiger partial charge in [0.1, 0.15) is 5.52 Å². The molecule has 23 heavy (non-hydrogen) atoms. The van der Waals surface area contributed by atoms with Crippen molar-refractivity contribution in [2.45, 2.75) is 31.5 Å². The lowest BCUT2D eigenvalue weighted by Gasteiger charge is -2.20. The fourth-order valence-corrected chi connectivity index (χ4v) is 2.93. The molecule has 0 atom stereocenters. The molecule has 0 aliphatic carbocycles. The summed E-state index contributed by atoms with van der Waals surface area (Å²) in [5.74, 6) is 0.186. The average Bonchev–Trinajstić information content (AvgIpc) is 2.80. The molecule has 1 aromatic carbocycles. The van der Waals surface area contributed by atoms with Crippen LogP contribution in [0.1, 0.15) is 20.8 Å². The Labute approximate surface area is 142 Å². The highest BCUT2D eigenvalue weighted by Crippen LogP contribution is 2.26. The van der Waals surface area contributed by atoms with E-state index < -0.39 is 0 Å². The van der Waals surface area contributed by atoms with E-state index >= 15 is 0 Å². The summed E-state index contributed by atoms with van der Waals surface area (Å²) in [5, 5.41) is 13.2. The molecule has 0 radical (unpaired) electrons. The van der Waals surface area contributed by atoms with Crippen LogP contribution < -0.4 is 5.32 Å². The molecule has 1 amide bonds. The molecule has 0 aliphatic heterocycles. The Kier molecular flexibility index (Phi) is 4.16. The van der Waals surface area contributed by atoms with Gasteiger partial charge in [0, 0.05) is 21.5 Å². The second-order valence-corrected chi connectivity index (χ2v) is 7.57. The van der Waals surface area contributed by atoms with Crippen LogP contribution in [-0.4, -0.2) is 37.4 Å². The van der Waals surface area contributed by atoms with Crippen LogP contribution >= 0.6 is 23.4 Å². The van der Waals surface area contributed by atoms with Gasteiger partial charge in [-0.2, -0.15) is 0 Å². The monoisotopic (exact) mass is 349 g/mol. The van der Waals surface area contributed by atoms with Gasteiger partial charge in [-0.15, -0.1) is 10.2 Å². The van der Waals surface area contributed by atoms with Gasteiger partial charge in [0.2, 0.25) is 11.1 Å². The molecule has 8 heteroatoms. The number of carbonyl (C=O) groups excluding carboxylic acids is 1. The highest BCUT2D eigenvalue weighted by atomic mass is 35.5. The molecule has 3 aromatic rings. The molecule has 0 saturated carbocycles. The number of hydrogen-bond acceptors (Lipinski definition) is 5. The molecule has 120 valence electrons. The molecule has 0 spiro atoms. The van der Waals surface area contributed by atoms with E-state index in [1.165, 1.54) is 11.8 Å². The highest BCUT2D eigenvalue weighted by Gasteiger charge is 2.15. The Morgan fingerprint density at radius 1 is 1.35 bits per heavy atom. The predicted octanol–water partition coefficient (Wildman–Crippen LogP) is 3.17. The lowest BCUT2D eigenvalue weighted by Crippen LogP contribution is -2.41. The number of nitrogens with one attached hydrogen (secondary N) is 2. The summed E-state index contributed by atoms with van der Waals surface area (Å²) < 4.78 is 0. The first-order valence-electron chi connectivity index (χ1n) is 7.07. The molecular weight excluding hydrogens is 334 g/mol. The third-order valence-corrected chi connectivity index (χ3v) is 4.08. The number of aromatic amines is 1. The zero-order chi connectivity index (χ0) is 16.6. The van der Waals surface area contributed by atoms with Crippen LogP contribution in [-0.2, 0) is 4.79 Å². The van der Waals surface area contributed by atoms with Crippen molar-refractivity contribution >= 4 is 51.3 Å². The summed E-state index contributed by atoms with van der Waals surface area (Å²) in [5.41, 5.74) is 1.96. The Morgan fingerprint density at radius 2 is 2.13 bits per heavy atom. The maximum Gasteiger partial charge on any atom is 0.230 e. The van der Waals surface area contributed by atoms with E-state index in [1.807, 2.05) is 32.9 Å². The molecule has 2 aromatic heterocycles. The van der Waals surface area contributed by atoms with Gasteiger partial charge in [0.25, 0.3) is 0 Å². The number of halogens is 1. The summed E-state index contributed by atoms with van der Waals surface area (Å²) in [6.07, 6.45) is 0. The van der Waals surface area contributed by atoms with Gasteiger partial charge in [-0.25, -0.2) is 4.98 Å². The van der Waals surface area contributed by atoms with Crippen molar-refractivity contribution in [3.8, 4) is 0 Å². The van der Waals surface area contributed by atoms with Crippen LogP contribution in [0.25, 0.3) is 22.1 Å². The van der Waals surface area contributed by atoms with Crippen LogP contribution in [0.2, 0.25) is 5.02 Å². The van der Waals surface area contributed by atoms with E-state index in [-0.39, 0.29) is 17.2 Å². The number of rotatable bonds is 3. The molecule has 2 heterocycles. The first-order valence-corrected chi connectivity index (χ1v) is 8.44. The third-order valence-electron chi connectivity index (χ3n) is 3.00. The summed E-state index contributed by atoms with van der Waals surface area (Å²) in [6.45, 7) is 5.82. The van der Waals surface area contributed by atoms with Gasteiger partial charge in [-0.1, -0.05) is 23.4 Å². The molecular formula is C15H16ClN5OS. The molecule has 3 rings (SSSR count). The number of carbonyl (C=O) groups is 1. The number of thioether (sulfide) groups is 1. The number of nitrogens with zero attached hydrogens (tertiary/aromatic N) is 3. The largest absolute Gasteiger partial charge is 0.351 e. The van der Waals surface area contributed by atoms with E-state index in [2.05, 4.69) is 25.5 Å². The fraction of sp³-hybridized carbons (Fsp3) is 0.333. The number of aromatic nitrogens is 4. The lowest BCUT2D eigenvalue weighted by molar-refractivity contribution is -0.119.